The Hall–Kier alpha value is -2.39. The summed E-state index contributed by atoms with van der Waals surface area (Å²) in [7, 11) is 0. The molecule has 0 aliphatic carbocycles. The lowest BCUT2D eigenvalue weighted by atomic mass is 10.1. The van der Waals surface area contributed by atoms with E-state index in [1.165, 1.54) is 40.4 Å². The standard InChI is InChI=1S/C23H21Cl2N3O3S2/c1-2-14-5-7-15(8-6-14)12-19-22(31)28(23(32)33-19)11-3-4-20(29)26-27-21(30)17-10-9-16(24)13-18(17)25/h5-10,12-13H,2-4,11H2,1H3,(H,26,29)(H,27,30). The first-order valence-electron chi connectivity index (χ1n) is 10.2. The number of carbonyl (C=O) groups is 3. The number of amides is 3. The van der Waals surface area contributed by atoms with Crippen molar-refractivity contribution < 1.29 is 14.4 Å². The Morgan fingerprint density at radius 1 is 1.12 bits per heavy atom. The minimum Gasteiger partial charge on any atom is -0.293 e. The van der Waals surface area contributed by atoms with Gasteiger partial charge in [-0.1, -0.05) is 78.4 Å². The van der Waals surface area contributed by atoms with Crippen molar-refractivity contribution in [3.8, 4) is 0 Å². The molecule has 0 unspecified atom stereocenters. The third-order valence-corrected chi connectivity index (χ3v) is 6.76. The Bertz CT molecular complexity index is 1120. The first kappa shape index (κ1) is 25.2. The summed E-state index contributed by atoms with van der Waals surface area (Å²) in [6.07, 6.45) is 3.26. The van der Waals surface area contributed by atoms with Crippen LogP contribution in [-0.2, 0) is 16.0 Å². The van der Waals surface area contributed by atoms with Crippen molar-refractivity contribution in [2.45, 2.75) is 26.2 Å². The number of nitrogens with zero attached hydrogens (tertiary/aromatic N) is 1. The van der Waals surface area contributed by atoms with Crippen molar-refractivity contribution in [1.82, 2.24) is 15.8 Å². The summed E-state index contributed by atoms with van der Waals surface area (Å²) in [5.74, 6) is -1.12. The van der Waals surface area contributed by atoms with Crippen LogP contribution >= 0.6 is 47.2 Å². The first-order chi connectivity index (χ1) is 15.8. The largest absolute Gasteiger partial charge is 0.293 e. The zero-order valence-electron chi connectivity index (χ0n) is 17.7. The van der Waals surface area contributed by atoms with Gasteiger partial charge in [-0.3, -0.25) is 30.1 Å². The van der Waals surface area contributed by atoms with Gasteiger partial charge in [0.05, 0.1) is 15.5 Å². The Labute approximate surface area is 211 Å². The minimum absolute atomic E-state index is 0.100. The number of halogens is 2. The van der Waals surface area contributed by atoms with Crippen LogP contribution in [0.25, 0.3) is 6.08 Å². The Morgan fingerprint density at radius 3 is 2.52 bits per heavy atom. The molecule has 0 bridgehead atoms. The molecule has 0 aromatic heterocycles. The molecule has 1 heterocycles. The van der Waals surface area contributed by atoms with Gasteiger partial charge in [-0.2, -0.15) is 0 Å². The maximum atomic E-state index is 12.7. The number of hydrogen-bond acceptors (Lipinski definition) is 5. The van der Waals surface area contributed by atoms with Crippen molar-refractivity contribution in [2.24, 2.45) is 0 Å². The van der Waals surface area contributed by atoms with E-state index in [2.05, 4.69) is 17.8 Å². The van der Waals surface area contributed by atoms with Gasteiger partial charge in [0, 0.05) is 18.0 Å². The Kier molecular flexibility index (Phi) is 8.91. The van der Waals surface area contributed by atoms with Crippen LogP contribution in [0.4, 0.5) is 0 Å². The third kappa shape index (κ3) is 6.80. The highest BCUT2D eigenvalue weighted by Crippen LogP contribution is 2.32. The van der Waals surface area contributed by atoms with Gasteiger partial charge in [-0.15, -0.1) is 0 Å². The number of aryl methyl sites for hydroxylation is 1. The number of hydrazine groups is 1. The van der Waals surface area contributed by atoms with Crippen LogP contribution in [0, 0.1) is 0 Å². The molecule has 0 spiro atoms. The summed E-state index contributed by atoms with van der Waals surface area (Å²) in [5.41, 5.74) is 7.00. The molecule has 3 amide bonds. The topological polar surface area (TPSA) is 78.5 Å². The lowest BCUT2D eigenvalue weighted by molar-refractivity contribution is -0.124. The molecule has 2 N–H and O–H groups in total. The highest BCUT2D eigenvalue weighted by Gasteiger charge is 2.31. The third-order valence-electron chi connectivity index (χ3n) is 4.84. The van der Waals surface area contributed by atoms with Crippen molar-refractivity contribution in [3.63, 3.8) is 0 Å². The van der Waals surface area contributed by atoms with Crippen LogP contribution in [0.15, 0.2) is 47.4 Å². The molecule has 2 aromatic rings. The number of thiocarbonyl (C=S) groups is 1. The fourth-order valence-corrected chi connectivity index (χ4v) is 4.82. The SMILES string of the molecule is CCc1ccc(C=C2SC(=S)N(CCCC(=O)NNC(=O)c3ccc(Cl)cc3Cl)C2=O)cc1. The van der Waals surface area contributed by atoms with E-state index in [0.717, 1.165) is 12.0 Å². The lowest BCUT2D eigenvalue weighted by Crippen LogP contribution is -2.42. The van der Waals surface area contributed by atoms with E-state index in [1.807, 2.05) is 30.3 Å². The highest BCUT2D eigenvalue weighted by atomic mass is 35.5. The maximum Gasteiger partial charge on any atom is 0.271 e. The molecule has 0 radical (unpaired) electrons. The first-order valence-corrected chi connectivity index (χ1v) is 12.1. The number of hydrogen-bond donors (Lipinski definition) is 2. The second kappa shape index (κ2) is 11.7. The number of carbonyl (C=O) groups excluding carboxylic acids is 3. The van der Waals surface area contributed by atoms with E-state index in [1.54, 1.807) is 0 Å². The molecule has 1 fully saturated rings. The summed E-state index contributed by atoms with van der Waals surface area (Å²) >= 11 is 18.4. The molecule has 6 nitrogen and oxygen atoms in total. The molecule has 1 aliphatic heterocycles. The zero-order valence-corrected chi connectivity index (χ0v) is 20.8. The summed E-state index contributed by atoms with van der Waals surface area (Å²) < 4.78 is 0.461. The minimum atomic E-state index is -0.556. The predicted octanol–water partition coefficient (Wildman–Crippen LogP) is 5.00. The molecule has 1 saturated heterocycles. The zero-order chi connectivity index (χ0) is 24.0. The van der Waals surface area contributed by atoms with E-state index in [0.29, 0.717) is 27.2 Å². The fraction of sp³-hybridized carbons (Fsp3) is 0.217. The van der Waals surface area contributed by atoms with E-state index in [4.69, 9.17) is 35.4 Å². The van der Waals surface area contributed by atoms with E-state index in [-0.39, 0.29) is 22.9 Å². The summed E-state index contributed by atoms with van der Waals surface area (Å²) in [4.78, 5) is 39.0. The van der Waals surface area contributed by atoms with Gasteiger partial charge in [0.1, 0.15) is 4.32 Å². The van der Waals surface area contributed by atoms with Crippen LogP contribution < -0.4 is 10.9 Å². The maximum absolute atomic E-state index is 12.7. The van der Waals surface area contributed by atoms with Crippen molar-refractivity contribution in [1.29, 1.82) is 0 Å². The summed E-state index contributed by atoms with van der Waals surface area (Å²) in [6, 6.07) is 12.4. The van der Waals surface area contributed by atoms with Crippen LogP contribution in [0.3, 0.4) is 0 Å². The molecule has 0 atom stereocenters. The molecule has 172 valence electrons. The van der Waals surface area contributed by atoms with Gasteiger partial charge in [-0.25, -0.2) is 0 Å². The van der Waals surface area contributed by atoms with Crippen molar-refractivity contribution >= 4 is 75.3 Å². The van der Waals surface area contributed by atoms with Gasteiger partial charge >= 0.3 is 0 Å². The van der Waals surface area contributed by atoms with Crippen LogP contribution in [0.5, 0.6) is 0 Å². The van der Waals surface area contributed by atoms with Crippen LogP contribution in [-0.4, -0.2) is 33.5 Å². The Morgan fingerprint density at radius 2 is 1.85 bits per heavy atom. The number of nitrogens with one attached hydrogen (secondary N) is 2. The average molecular weight is 522 g/mol. The van der Waals surface area contributed by atoms with E-state index in [9.17, 15) is 14.4 Å². The van der Waals surface area contributed by atoms with Crippen LogP contribution in [0.2, 0.25) is 10.0 Å². The van der Waals surface area contributed by atoms with Gasteiger partial charge in [-0.05, 0) is 48.2 Å². The quantitative estimate of drug-likeness (QED) is 0.304. The normalized spacial score (nSPS) is 14.6. The molecule has 0 saturated carbocycles. The second-order valence-corrected chi connectivity index (χ2v) is 9.68. The molecule has 2 aromatic carbocycles. The fourth-order valence-electron chi connectivity index (χ4n) is 3.02. The highest BCUT2D eigenvalue weighted by molar-refractivity contribution is 8.26. The average Bonchev–Trinajstić information content (AvgIpc) is 3.05. The molecule has 10 heteroatoms. The number of rotatable bonds is 7. The van der Waals surface area contributed by atoms with Crippen LogP contribution in [0.1, 0.15) is 41.3 Å². The Balaban J connectivity index is 1.47. The monoisotopic (exact) mass is 521 g/mol. The summed E-state index contributed by atoms with van der Waals surface area (Å²) in [6.45, 7) is 2.39. The van der Waals surface area contributed by atoms with Gasteiger partial charge in [0.2, 0.25) is 5.91 Å². The predicted molar refractivity (Wildman–Crippen MR) is 137 cm³/mol. The van der Waals surface area contributed by atoms with Crippen molar-refractivity contribution in [3.05, 3.63) is 74.1 Å². The molecule has 33 heavy (non-hydrogen) atoms. The molecule has 1 aliphatic rings. The second-order valence-electron chi connectivity index (χ2n) is 7.16. The smallest absolute Gasteiger partial charge is 0.271 e. The van der Waals surface area contributed by atoms with Crippen molar-refractivity contribution in [2.75, 3.05) is 6.54 Å². The van der Waals surface area contributed by atoms with Gasteiger partial charge < -0.3 is 0 Å². The van der Waals surface area contributed by atoms with Gasteiger partial charge in [0.25, 0.3) is 11.8 Å². The van der Waals surface area contributed by atoms with Gasteiger partial charge in [0.15, 0.2) is 0 Å². The van der Waals surface area contributed by atoms with E-state index < -0.39 is 11.8 Å². The molecular formula is C23H21Cl2N3O3S2. The number of benzene rings is 2. The number of thioether (sulfide) groups is 1. The molecular weight excluding hydrogens is 501 g/mol. The van der Waals surface area contributed by atoms with E-state index >= 15 is 0 Å². The molecule has 3 rings (SSSR count). The summed E-state index contributed by atoms with van der Waals surface area (Å²) in [5, 5.41) is 0.582. The lowest BCUT2D eigenvalue weighted by Gasteiger charge is -2.14.